The van der Waals surface area contributed by atoms with E-state index in [1.807, 2.05) is 26.0 Å². The summed E-state index contributed by atoms with van der Waals surface area (Å²) in [7, 11) is 0. The lowest BCUT2D eigenvalue weighted by Crippen LogP contribution is -2.41. The number of nitrogens with two attached hydrogens (primary N) is 1. The summed E-state index contributed by atoms with van der Waals surface area (Å²) in [6.07, 6.45) is 0.651. The van der Waals surface area contributed by atoms with Gasteiger partial charge in [-0.15, -0.1) is 12.4 Å². The zero-order chi connectivity index (χ0) is 16.8. The second kappa shape index (κ2) is 6.36. The number of carbonyl (C=O) groups excluding carboxylic acids is 1. The van der Waals surface area contributed by atoms with Gasteiger partial charge in [0.05, 0.1) is 11.7 Å². The van der Waals surface area contributed by atoms with E-state index in [1.54, 1.807) is 19.9 Å². The van der Waals surface area contributed by atoms with Gasteiger partial charge in [-0.05, 0) is 45.9 Å². The minimum atomic E-state index is -0.375. The summed E-state index contributed by atoms with van der Waals surface area (Å²) in [5.74, 6) is 1.07. The highest BCUT2D eigenvalue weighted by atomic mass is 35.5. The Labute approximate surface area is 147 Å². The van der Waals surface area contributed by atoms with Gasteiger partial charge in [0.25, 0.3) is 5.91 Å². The van der Waals surface area contributed by atoms with Crippen molar-refractivity contribution >= 4 is 24.0 Å². The Morgan fingerprint density at radius 2 is 2.08 bits per heavy atom. The van der Waals surface area contributed by atoms with Gasteiger partial charge in [0.2, 0.25) is 0 Å². The molecule has 0 aliphatic carbocycles. The summed E-state index contributed by atoms with van der Waals surface area (Å²) in [5, 5.41) is 6.90. The number of aryl methyl sites for hydroxylation is 2. The lowest BCUT2D eigenvalue weighted by molar-refractivity contribution is 0.0619. The molecule has 3 rings (SSSR count). The molecule has 0 radical (unpaired) electrons. The van der Waals surface area contributed by atoms with Crippen molar-refractivity contribution in [3.63, 3.8) is 0 Å². The highest BCUT2D eigenvalue weighted by Crippen LogP contribution is 2.40. The van der Waals surface area contributed by atoms with Crippen LogP contribution in [0.2, 0.25) is 0 Å². The van der Waals surface area contributed by atoms with Gasteiger partial charge in [-0.1, -0.05) is 5.16 Å². The molecule has 1 unspecified atom stereocenters. The van der Waals surface area contributed by atoms with Crippen LogP contribution in [0.25, 0.3) is 0 Å². The molecule has 2 heterocycles. The number of fused-ring (bicyclic) bond motifs is 1. The molecule has 130 valence electrons. The largest absolute Gasteiger partial charge is 0.487 e. The summed E-state index contributed by atoms with van der Waals surface area (Å²) >= 11 is 0. The Kier molecular flexibility index (Phi) is 4.80. The quantitative estimate of drug-likeness (QED) is 0.810. The first kappa shape index (κ1) is 18.1. The SMILES string of the molecule is Cc1noc(C)c1C(=O)NC1CC(C)(C)Oc2ccc(N)cc21.Cl. The standard InChI is InChI=1S/C17H21N3O3.ClH/c1-9-15(10(2)23-20-9)16(21)19-13-8-17(3,4)22-14-6-5-11(18)7-12(13)14;/h5-7,13H,8,18H2,1-4H3,(H,19,21);1H. The highest BCUT2D eigenvalue weighted by molar-refractivity contribution is 5.96. The maximum atomic E-state index is 12.6. The number of nitrogens with zero attached hydrogens (tertiary/aromatic N) is 1. The molecule has 6 nitrogen and oxygen atoms in total. The Hall–Kier alpha value is -2.21. The minimum Gasteiger partial charge on any atom is -0.487 e. The van der Waals surface area contributed by atoms with Crippen LogP contribution in [0.5, 0.6) is 5.75 Å². The van der Waals surface area contributed by atoms with E-state index in [2.05, 4.69) is 10.5 Å². The first-order chi connectivity index (χ1) is 10.8. The van der Waals surface area contributed by atoms with E-state index in [4.69, 9.17) is 15.0 Å². The number of nitrogens with one attached hydrogen (secondary N) is 1. The zero-order valence-corrected chi connectivity index (χ0v) is 15.0. The van der Waals surface area contributed by atoms with E-state index in [-0.39, 0.29) is 30.0 Å². The topological polar surface area (TPSA) is 90.4 Å². The predicted octanol–water partition coefficient (Wildman–Crippen LogP) is 3.33. The summed E-state index contributed by atoms with van der Waals surface area (Å²) in [5.41, 5.74) is 8.12. The maximum absolute atomic E-state index is 12.6. The number of hydrogen-bond acceptors (Lipinski definition) is 5. The number of anilines is 1. The normalized spacial score (nSPS) is 18.1. The van der Waals surface area contributed by atoms with Crippen LogP contribution in [0.1, 0.15) is 53.7 Å². The van der Waals surface area contributed by atoms with Gasteiger partial charge >= 0.3 is 0 Å². The summed E-state index contributed by atoms with van der Waals surface area (Å²) in [6.45, 7) is 7.49. The second-order valence-electron chi connectivity index (χ2n) is 6.59. The fraction of sp³-hybridized carbons (Fsp3) is 0.412. The monoisotopic (exact) mass is 351 g/mol. The first-order valence-corrected chi connectivity index (χ1v) is 7.59. The number of ether oxygens (including phenoxy) is 1. The molecule has 1 atom stereocenters. The van der Waals surface area contributed by atoms with Crippen LogP contribution < -0.4 is 15.8 Å². The molecule has 3 N–H and O–H groups in total. The fourth-order valence-corrected chi connectivity index (χ4v) is 3.04. The molecular weight excluding hydrogens is 330 g/mol. The van der Waals surface area contributed by atoms with Crippen molar-refractivity contribution in [2.75, 3.05) is 5.73 Å². The predicted molar refractivity (Wildman–Crippen MR) is 93.6 cm³/mol. The van der Waals surface area contributed by atoms with Crippen LogP contribution in [-0.4, -0.2) is 16.7 Å². The first-order valence-electron chi connectivity index (χ1n) is 7.59. The van der Waals surface area contributed by atoms with E-state index >= 15 is 0 Å². The fourth-order valence-electron chi connectivity index (χ4n) is 3.04. The van der Waals surface area contributed by atoms with Crippen LogP contribution >= 0.6 is 12.4 Å². The van der Waals surface area contributed by atoms with E-state index < -0.39 is 0 Å². The van der Waals surface area contributed by atoms with E-state index in [0.717, 1.165) is 11.3 Å². The number of nitrogen functional groups attached to an aromatic ring is 1. The number of amides is 1. The average Bonchev–Trinajstić information content (AvgIpc) is 2.78. The van der Waals surface area contributed by atoms with Crippen LogP contribution in [0, 0.1) is 13.8 Å². The molecule has 7 heteroatoms. The molecular formula is C17H22ClN3O3. The number of halogens is 1. The zero-order valence-electron chi connectivity index (χ0n) is 14.2. The molecule has 0 fully saturated rings. The third kappa shape index (κ3) is 3.33. The molecule has 24 heavy (non-hydrogen) atoms. The van der Waals surface area contributed by atoms with Crippen molar-refractivity contribution in [1.29, 1.82) is 0 Å². The lowest BCUT2D eigenvalue weighted by Gasteiger charge is -2.38. The van der Waals surface area contributed by atoms with Gasteiger partial charge in [0, 0.05) is 17.7 Å². The smallest absolute Gasteiger partial charge is 0.257 e. The van der Waals surface area contributed by atoms with Crippen molar-refractivity contribution in [2.24, 2.45) is 0 Å². The summed E-state index contributed by atoms with van der Waals surface area (Å²) < 4.78 is 11.1. The Morgan fingerprint density at radius 1 is 1.38 bits per heavy atom. The molecule has 1 aliphatic rings. The molecule has 1 aromatic heterocycles. The van der Waals surface area contributed by atoms with Gasteiger partial charge in [0.15, 0.2) is 0 Å². The van der Waals surface area contributed by atoms with Gasteiger partial charge in [-0.3, -0.25) is 4.79 Å². The Morgan fingerprint density at radius 3 is 2.71 bits per heavy atom. The molecule has 1 amide bonds. The average molecular weight is 352 g/mol. The molecule has 0 bridgehead atoms. The molecule has 0 saturated carbocycles. The number of benzene rings is 1. The molecule has 0 saturated heterocycles. The van der Waals surface area contributed by atoms with Crippen molar-refractivity contribution in [3.05, 3.63) is 40.8 Å². The number of carbonyl (C=O) groups is 1. The van der Waals surface area contributed by atoms with Crippen molar-refractivity contribution in [1.82, 2.24) is 10.5 Å². The van der Waals surface area contributed by atoms with Crippen LogP contribution in [0.4, 0.5) is 5.69 Å². The minimum absolute atomic E-state index is 0. The number of rotatable bonds is 2. The molecule has 1 aliphatic heterocycles. The lowest BCUT2D eigenvalue weighted by atomic mass is 9.89. The summed E-state index contributed by atoms with van der Waals surface area (Å²) in [4.78, 5) is 12.6. The van der Waals surface area contributed by atoms with Crippen molar-refractivity contribution in [2.45, 2.75) is 45.8 Å². The van der Waals surface area contributed by atoms with Gasteiger partial charge in [0.1, 0.15) is 22.7 Å². The van der Waals surface area contributed by atoms with Gasteiger partial charge in [-0.25, -0.2) is 0 Å². The van der Waals surface area contributed by atoms with Gasteiger partial charge < -0.3 is 20.3 Å². The van der Waals surface area contributed by atoms with Gasteiger partial charge in [-0.2, -0.15) is 0 Å². The Bertz CT molecular complexity index is 751. The van der Waals surface area contributed by atoms with Crippen LogP contribution in [0.15, 0.2) is 22.7 Å². The van der Waals surface area contributed by atoms with Crippen molar-refractivity contribution < 1.29 is 14.1 Å². The third-order valence-corrected chi connectivity index (χ3v) is 4.06. The second-order valence-corrected chi connectivity index (χ2v) is 6.59. The summed E-state index contributed by atoms with van der Waals surface area (Å²) in [6, 6.07) is 5.31. The number of aromatic nitrogens is 1. The van der Waals surface area contributed by atoms with E-state index in [9.17, 15) is 4.79 Å². The third-order valence-electron chi connectivity index (χ3n) is 4.06. The highest BCUT2D eigenvalue weighted by Gasteiger charge is 2.35. The Balaban J connectivity index is 0.00000208. The number of hydrogen-bond donors (Lipinski definition) is 2. The molecule has 0 spiro atoms. The van der Waals surface area contributed by atoms with Crippen LogP contribution in [-0.2, 0) is 0 Å². The van der Waals surface area contributed by atoms with Crippen molar-refractivity contribution in [3.8, 4) is 5.75 Å². The van der Waals surface area contributed by atoms with Crippen LogP contribution in [0.3, 0.4) is 0 Å². The molecule has 1 aromatic carbocycles. The maximum Gasteiger partial charge on any atom is 0.257 e. The molecule has 2 aromatic rings. The van der Waals surface area contributed by atoms with E-state index in [1.165, 1.54) is 0 Å². The van der Waals surface area contributed by atoms with E-state index in [0.29, 0.717) is 29.1 Å².